The van der Waals surface area contributed by atoms with Crippen LogP contribution >= 0.6 is 15.9 Å². The second kappa shape index (κ2) is 8.06. The number of nitrogens with zero attached hydrogens (tertiary/aromatic N) is 5. The molecule has 0 aliphatic carbocycles. The van der Waals surface area contributed by atoms with Gasteiger partial charge in [-0.2, -0.15) is 15.0 Å². The van der Waals surface area contributed by atoms with Crippen LogP contribution in [-0.4, -0.2) is 41.0 Å². The number of hydrogen-bond acceptors (Lipinski definition) is 7. The number of benzene rings is 1. The maximum atomic E-state index is 6.01. The summed E-state index contributed by atoms with van der Waals surface area (Å²) < 4.78 is 7.05. The normalized spacial score (nSPS) is 12.4. The Balaban J connectivity index is 1.73. The lowest BCUT2D eigenvalue weighted by Gasteiger charge is -2.23. The van der Waals surface area contributed by atoms with E-state index in [2.05, 4.69) is 35.8 Å². The summed E-state index contributed by atoms with van der Waals surface area (Å²) in [7, 11) is 5.75. The van der Waals surface area contributed by atoms with Crippen LogP contribution in [0.15, 0.2) is 45.3 Å². The lowest BCUT2D eigenvalue weighted by atomic mass is 10.2. The number of hydrogen-bond donors (Lipinski definition) is 1. The first-order valence-corrected chi connectivity index (χ1v) is 9.36. The predicted octanol–water partition coefficient (Wildman–Crippen LogP) is 3.74. The van der Waals surface area contributed by atoms with Crippen molar-refractivity contribution in [1.82, 2.24) is 19.9 Å². The Morgan fingerprint density at radius 2 is 1.74 bits per heavy atom. The van der Waals surface area contributed by atoms with Gasteiger partial charge in [0, 0.05) is 24.1 Å². The fourth-order valence-corrected chi connectivity index (χ4v) is 2.86. The van der Waals surface area contributed by atoms with E-state index in [1.54, 1.807) is 0 Å². The van der Waals surface area contributed by atoms with Crippen LogP contribution in [0.4, 0.5) is 11.9 Å². The molecular formula is C19H23BrN6O. The van der Waals surface area contributed by atoms with Crippen LogP contribution in [0.3, 0.4) is 0 Å². The zero-order chi connectivity index (χ0) is 19.6. The predicted molar refractivity (Wildman–Crippen MR) is 110 cm³/mol. The highest BCUT2D eigenvalue weighted by molar-refractivity contribution is 9.10. The summed E-state index contributed by atoms with van der Waals surface area (Å²) >= 11 is 3.45. The molecule has 1 atom stereocenters. The molecule has 2 aromatic heterocycles. The second-order valence-corrected chi connectivity index (χ2v) is 7.53. The maximum absolute atomic E-state index is 6.01. The van der Waals surface area contributed by atoms with Crippen LogP contribution < -0.4 is 10.6 Å². The first kappa shape index (κ1) is 19.3. The highest BCUT2D eigenvalue weighted by atomic mass is 79.9. The van der Waals surface area contributed by atoms with Crippen molar-refractivity contribution < 1.29 is 4.42 Å². The van der Waals surface area contributed by atoms with Gasteiger partial charge in [-0.25, -0.2) is 0 Å². The summed E-state index contributed by atoms with van der Waals surface area (Å²) in [6.45, 7) is 2.66. The van der Waals surface area contributed by atoms with Crippen molar-refractivity contribution in [1.29, 1.82) is 0 Å². The molecule has 27 heavy (non-hydrogen) atoms. The van der Waals surface area contributed by atoms with Crippen LogP contribution in [0.1, 0.15) is 24.6 Å². The van der Waals surface area contributed by atoms with Crippen molar-refractivity contribution >= 4 is 27.8 Å². The van der Waals surface area contributed by atoms with E-state index in [4.69, 9.17) is 10.2 Å². The molecule has 0 spiro atoms. The second-order valence-electron chi connectivity index (χ2n) is 6.61. The zero-order valence-electron chi connectivity index (χ0n) is 15.8. The molecule has 0 saturated carbocycles. The quantitative estimate of drug-likeness (QED) is 0.637. The Labute approximate surface area is 167 Å². The van der Waals surface area contributed by atoms with Gasteiger partial charge in [0.05, 0.1) is 12.6 Å². The molecule has 8 heteroatoms. The molecule has 0 aliphatic heterocycles. The minimum atomic E-state index is -0.0461. The van der Waals surface area contributed by atoms with E-state index in [0.717, 1.165) is 21.6 Å². The van der Waals surface area contributed by atoms with Crippen molar-refractivity contribution in [2.24, 2.45) is 0 Å². The summed E-state index contributed by atoms with van der Waals surface area (Å²) in [5, 5.41) is 0. The van der Waals surface area contributed by atoms with Crippen LogP contribution in [0.25, 0.3) is 11.3 Å². The van der Waals surface area contributed by atoms with E-state index in [1.165, 1.54) is 0 Å². The van der Waals surface area contributed by atoms with Crippen LogP contribution in [0.2, 0.25) is 0 Å². The summed E-state index contributed by atoms with van der Waals surface area (Å²) in [6, 6.07) is 12.0. The monoisotopic (exact) mass is 430 g/mol. The van der Waals surface area contributed by atoms with Gasteiger partial charge in [-0.05, 0) is 38.2 Å². The highest BCUT2D eigenvalue weighted by Crippen LogP contribution is 2.26. The molecule has 0 saturated heterocycles. The highest BCUT2D eigenvalue weighted by Gasteiger charge is 2.19. The molecule has 0 unspecified atom stereocenters. The van der Waals surface area contributed by atoms with Crippen molar-refractivity contribution in [3.63, 3.8) is 0 Å². The lowest BCUT2D eigenvalue weighted by molar-refractivity contribution is 0.225. The largest absolute Gasteiger partial charge is 0.460 e. The maximum Gasteiger partial charge on any atom is 0.229 e. The zero-order valence-corrected chi connectivity index (χ0v) is 17.4. The number of aromatic nitrogens is 3. The molecule has 3 rings (SSSR count). The molecule has 0 fully saturated rings. The summed E-state index contributed by atoms with van der Waals surface area (Å²) in [6.07, 6.45) is 0. The van der Waals surface area contributed by atoms with Gasteiger partial charge < -0.3 is 15.1 Å². The lowest BCUT2D eigenvalue weighted by Crippen LogP contribution is -2.25. The van der Waals surface area contributed by atoms with Gasteiger partial charge in [-0.1, -0.05) is 28.1 Å². The molecule has 142 valence electrons. The Bertz CT molecular complexity index is 909. The Morgan fingerprint density at radius 3 is 2.41 bits per heavy atom. The minimum Gasteiger partial charge on any atom is -0.460 e. The standard InChI is InChI=1S/C19H23BrN6O/c1-12(17-22-18(21)24-19(23-17)25(2)3)26(4)11-15-9-10-16(27-15)13-5-7-14(20)8-6-13/h5-10,12H,11H2,1-4H3,(H2,21,22,23,24)/t12-/m1/s1. The van der Waals surface area contributed by atoms with Crippen molar-refractivity contribution in [3.05, 3.63) is 52.5 Å². The van der Waals surface area contributed by atoms with E-state index in [0.29, 0.717) is 18.3 Å². The van der Waals surface area contributed by atoms with Crippen molar-refractivity contribution in [3.8, 4) is 11.3 Å². The SMILES string of the molecule is C[C@H](c1nc(N)nc(N(C)C)n1)N(C)Cc1ccc(-c2ccc(Br)cc2)o1. The third-order valence-electron chi connectivity index (χ3n) is 4.29. The molecular weight excluding hydrogens is 408 g/mol. The van der Waals surface area contributed by atoms with E-state index < -0.39 is 0 Å². The molecule has 2 N–H and O–H groups in total. The Morgan fingerprint density at radius 1 is 1.04 bits per heavy atom. The van der Waals surface area contributed by atoms with E-state index >= 15 is 0 Å². The molecule has 1 aromatic carbocycles. The van der Waals surface area contributed by atoms with Crippen LogP contribution in [0, 0.1) is 0 Å². The molecule has 2 heterocycles. The number of nitrogens with two attached hydrogens (primary N) is 1. The third-order valence-corrected chi connectivity index (χ3v) is 4.82. The van der Waals surface area contributed by atoms with E-state index in [9.17, 15) is 0 Å². The van der Waals surface area contributed by atoms with Gasteiger partial charge in [0.25, 0.3) is 0 Å². The number of furan rings is 1. The fraction of sp³-hybridized carbons (Fsp3) is 0.316. The molecule has 3 aromatic rings. The molecule has 0 bridgehead atoms. The van der Waals surface area contributed by atoms with Gasteiger partial charge in [-0.3, -0.25) is 4.90 Å². The van der Waals surface area contributed by atoms with Gasteiger partial charge >= 0.3 is 0 Å². The van der Waals surface area contributed by atoms with Gasteiger partial charge in [-0.15, -0.1) is 0 Å². The average Bonchev–Trinajstić information content (AvgIpc) is 3.09. The van der Waals surface area contributed by atoms with Gasteiger partial charge in [0.15, 0.2) is 5.82 Å². The topological polar surface area (TPSA) is 84.3 Å². The molecule has 7 nitrogen and oxygen atoms in total. The number of anilines is 2. The van der Waals surface area contributed by atoms with Gasteiger partial charge in [0.1, 0.15) is 11.5 Å². The van der Waals surface area contributed by atoms with E-state index in [-0.39, 0.29) is 12.0 Å². The minimum absolute atomic E-state index is 0.0461. The van der Waals surface area contributed by atoms with Crippen LogP contribution in [0.5, 0.6) is 0 Å². The van der Waals surface area contributed by atoms with Crippen molar-refractivity contribution in [2.45, 2.75) is 19.5 Å². The van der Waals surface area contributed by atoms with Gasteiger partial charge in [0.2, 0.25) is 11.9 Å². The summed E-state index contributed by atoms with van der Waals surface area (Å²) in [4.78, 5) is 16.9. The molecule has 0 radical (unpaired) electrons. The Kier molecular flexibility index (Phi) is 5.76. The summed E-state index contributed by atoms with van der Waals surface area (Å²) in [5.41, 5.74) is 6.88. The molecule has 0 aliphatic rings. The first-order valence-electron chi connectivity index (χ1n) is 8.57. The van der Waals surface area contributed by atoms with E-state index in [1.807, 2.05) is 69.4 Å². The number of rotatable bonds is 6. The van der Waals surface area contributed by atoms with Crippen molar-refractivity contribution in [2.75, 3.05) is 31.8 Å². The number of nitrogen functional groups attached to an aromatic ring is 1. The summed E-state index contributed by atoms with van der Waals surface area (Å²) in [5.74, 6) is 3.12. The first-order chi connectivity index (χ1) is 12.8. The fourth-order valence-electron chi connectivity index (χ4n) is 2.60. The Hall–Kier alpha value is -2.45. The molecule has 0 amide bonds. The smallest absolute Gasteiger partial charge is 0.229 e. The van der Waals surface area contributed by atoms with Crippen LogP contribution in [-0.2, 0) is 6.54 Å². The average molecular weight is 431 g/mol. The number of halogens is 1. The third kappa shape index (κ3) is 4.64.